The quantitative estimate of drug-likeness (QED) is 0.640. The van der Waals surface area contributed by atoms with Crippen molar-refractivity contribution < 1.29 is 9.59 Å². The molecule has 1 saturated heterocycles. The summed E-state index contributed by atoms with van der Waals surface area (Å²) in [6.45, 7) is 6.41. The molecular formula is C13H21NO2. The van der Waals surface area contributed by atoms with E-state index in [2.05, 4.69) is 19.2 Å². The highest BCUT2D eigenvalue weighted by Crippen LogP contribution is 2.57. The van der Waals surface area contributed by atoms with Gasteiger partial charge in [-0.05, 0) is 23.7 Å². The molecule has 2 fully saturated rings. The molecule has 2 unspecified atom stereocenters. The summed E-state index contributed by atoms with van der Waals surface area (Å²) in [6, 6.07) is 0. The molecule has 0 bridgehead atoms. The van der Waals surface area contributed by atoms with E-state index >= 15 is 0 Å². The van der Waals surface area contributed by atoms with Crippen LogP contribution < -0.4 is 5.32 Å². The monoisotopic (exact) mass is 223 g/mol. The number of carbonyl (C=O) groups excluding carboxylic acids is 2. The van der Waals surface area contributed by atoms with Crippen LogP contribution in [0, 0.1) is 16.7 Å². The lowest BCUT2D eigenvalue weighted by Crippen LogP contribution is -2.57. The van der Waals surface area contributed by atoms with Gasteiger partial charge in [0, 0.05) is 12.3 Å². The molecule has 0 aromatic carbocycles. The van der Waals surface area contributed by atoms with Gasteiger partial charge in [0.25, 0.3) is 0 Å². The van der Waals surface area contributed by atoms with Crippen LogP contribution in [0.5, 0.6) is 0 Å². The fourth-order valence-corrected chi connectivity index (χ4v) is 3.71. The lowest BCUT2D eigenvalue weighted by Gasteiger charge is -2.54. The number of nitrogens with one attached hydrogen (secondary N) is 1. The third kappa shape index (κ3) is 1.48. The highest BCUT2D eigenvalue weighted by Gasteiger charge is 2.55. The van der Waals surface area contributed by atoms with Crippen molar-refractivity contribution in [1.29, 1.82) is 0 Å². The Morgan fingerprint density at radius 2 is 1.81 bits per heavy atom. The normalized spacial score (nSPS) is 38.6. The molecule has 1 spiro atoms. The van der Waals surface area contributed by atoms with Gasteiger partial charge in [-0.25, -0.2) is 0 Å². The van der Waals surface area contributed by atoms with Crippen LogP contribution in [0.15, 0.2) is 0 Å². The van der Waals surface area contributed by atoms with Crippen LogP contribution in [0.25, 0.3) is 0 Å². The molecule has 1 aliphatic heterocycles. The average molecular weight is 223 g/mol. The minimum absolute atomic E-state index is 0.0412. The molecule has 16 heavy (non-hydrogen) atoms. The van der Waals surface area contributed by atoms with Crippen molar-refractivity contribution in [3.63, 3.8) is 0 Å². The third-order valence-corrected chi connectivity index (χ3v) is 4.98. The topological polar surface area (TPSA) is 46.2 Å². The molecule has 1 aliphatic carbocycles. The summed E-state index contributed by atoms with van der Waals surface area (Å²) >= 11 is 0. The van der Waals surface area contributed by atoms with Gasteiger partial charge < -0.3 is 0 Å². The molecule has 0 aromatic heterocycles. The van der Waals surface area contributed by atoms with Crippen LogP contribution in [-0.2, 0) is 9.59 Å². The van der Waals surface area contributed by atoms with Crippen LogP contribution in [0.1, 0.15) is 52.9 Å². The highest BCUT2D eigenvalue weighted by atomic mass is 16.2. The summed E-state index contributed by atoms with van der Waals surface area (Å²) in [7, 11) is 0. The number of imide groups is 1. The molecule has 1 N–H and O–H groups in total. The Kier molecular flexibility index (Phi) is 2.59. The number of hydrogen-bond donors (Lipinski definition) is 1. The molecule has 0 aromatic rings. The van der Waals surface area contributed by atoms with Crippen LogP contribution in [0.4, 0.5) is 0 Å². The van der Waals surface area contributed by atoms with Crippen LogP contribution >= 0.6 is 0 Å². The Morgan fingerprint density at radius 1 is 1.19 bits per heavy atom. The Bertz CT molecular complexity index is 335. The van der Waals surface area contributed by atoms with E-state index in [0.29, 0.717) is 6.42 Å². The number of amides is 2. The van der Waals surface area contributed by atoms with Gasteiger partial charge in [0.15, 0.2) is 0 Å². The Morgan fingerprint density at radius 3 is 2.44 bits per heavy atom. The zero-order valence-corrected chi connectivity index (χ0v) is 10.4. The molecule has 0 radical (unpaired) electrons. The first-order chi connectivity index (χ1) is 7.39. The Balaban J connectivity index is 2.39. The van der Waals surface area contributed by atoms with Gasteiger partial charge in [-0.15, -0.1) is 0 Å². The molecule has 1 saturated carbocycles. The summed E-state index contributed by atoms with van der Waals surface area (Å²) in [6.07, 6.45) is 5.02. The van der Waals surface area contributed by atoms with E-state index in [-0.39, 0.29) is 28.6 Å². The smallest absolute Gasteiger partial charge is 0.229 e. The van der Waals surface area contributed by atoms with Gasteiger partial charge in [-0.3, -0.25) is 14.9 Å². The van der Waals surface area contributed by atoms with E-state index in [1.165, 1.54) is 6.42 Å². The minimum Gasteiger partial charge on any atom is -0.296 e. The highest BCUT2D eigenvalue weighted by molar-refractivity contribution is 5.99. The maximum atomic E-state index is 11.8. The summed E-state index contributed by atoms with van der Waals surface area (Å²) in [5, 5.41) is 2.46. The van der Waals surface area contributed by atoms with Crippen molar-refractivity contribution >= 4 is 11.8 Å². The van der Waals surface area contributed by atoms with Crippen LogP contribution in [0.3, 0.4) is 0 Å². The largest absolute Gasteiger partial charge is 0.296 e. The van der Waals surface area contributed by atoms with E-state index in [1.807, 2.05) is 6.92 Å². The first kappa shape index (κ1) is 11.6. The maximum absolute atomic E-state index is 11.8. The Hall–Kier alpha value is -0.860. The fraction of sp³-hybridized carbons (Fsp3) is 0.846. The van der Waals surface area contributed by atoms with E-state index in [4.69, 9.17) is 0 Å². The van der Waals surface area contributed by atoms with Crippen molar-refractivity contribution in [2.24, 2.45) is 16.7 Å². The summed E-state index contributed by atoms with van der Waals surface area (Å²) in [5.74, 6) is -0.204. The molecule has 2 amide bonds. The summed E-state index contributed by atoms with van der Waals surface area (Å²) in [5.41, 5.74) is -0.0112. The first-order valence-electron chi connectivity index (χ1n) is 6.23. The predicted octanol–water partition coefficient (Wildman–Crippen LogP) is 2.26. The minimum atomic E-state index is -0.106. The molecule has 2 aliphatic rings. The van der Waals surface area contributed by atoms with E-state index in [9.17, 15) is 9.59 Å². The second-order valence-electron chi connectivity index (χ2n) is 6.06. The molecule has 2 atom stereocenters. The standard InChI is InChI=1S/C13H21NO2/c1-9-11(16)14-10(15)8-13(9)7-5-4-6-12(13,2)3/h9H,4-8H2,1-3H3,(H,14,15,16). The second kappa shape index (κ2) is 3.57. The van der Waals surface area contributed by atoms with Gasteiger partial charge >= 0.3 is 0 Å². The van der Waals surface area contributed by atoms with Crippen molar-refractivity contribution in [3.8, 4) is 0 Å². The van der Waals surface area contributed by atoms with Gasteiger partial charge in [0.1, 0.15) is 0 Å². The van der Waals surface area contributed by atoms with E-state index < -0.39 is 0 Å². The second-order valence-corrected chi connectivity index (χ2v) is 6.06. The lowest BCUT2D eigenvalue weighted by molar-refractivity contribution is -0.153. The first-order valence-corrected chi connectivity index (χ1v) is 6.23. The van der Waals surface area contributed by atoms with Gasteiger partial charge in [0.2, 0.25) is 11.8 Å². The molecule has 90 valence electrons. The van der Waals surface area contributed by atoms with Crippen molar-refractivity contribution in [2.75, 3.05) is 0 Å². The fourth-order valence-electron chi connectivity index (χ4n) is 3.71. The SMILES string of the molecule is CC1C(=O)NC(=O)CC12CCCCC2(C)C. The summed E-state index contributed by atoms with van der Waals surface area (Å²) in [4.78, 5) is 23.5. The van der Waals surface area contributed by atoms with Crippen molar-refractivity contribution in [1.82, 2.24) is 5.32 Å². The maximum Gasteiger partial charge on any atom is 0.229 e. The number of hydrogen-bond acceptors (Lipinski definition) is 2. The number of rotatable bonds is 0. The predicted molar refractivity (Wildman–Crippen MR) is 61.6 cm³/mol. The van der Waals surface area contributed by atoms with Crippen LogP contribution in [-0.4, -0.2) is 11.8 Å². The molecule has 2 rings (SSSR count). The van der Waals surface area contributed by atoms with Gasteiger partial charge in [-0.1, -0.05) is 33.6 Å². The number of piperidine rings is 1. The molecule has 1 heterocycles. The third-order valence-electron chi connectivity index (χ3n) is 4.98. The van der Waals surface area contributed by atoms with Crippen LogP contribution in [0.2, 0.25) is 0 Å². The molecular weight excluding hydrogens is 202 g/mol. The lowest BCUT2D eigenvalue weighted by atomic mass is 9.50. The van der Waals surface area contributed by atoms with E-state index in [1.54, 1.807) is 0 Å². The molecule has 3 nitrogen and oxygen atoms in total. The Labute approximate surface area is 97.0 Å². The van der Waals surface area contributed by atoms with Crippen molar-refractivity contribution in [3.05, 3.63) is 0 Å². The number of carbonyl (C=O) groups is 2. The molecule has 3 heteroatoms. The zero-order chi connectivity index (χ0) is 12.0. The summed E-state index contributed by atoms with van der Waals surface area (Å²) < 4.78 is 0. The van der Waals surface area contributed by atoms with Gasteiger partial charge in [-0.2, -0.15) is 0 Å². The average Bonchev–Trinajstić information content (AvgIpc) is 2.18. The van der Waals surface area contributed by atoms with Gasteiger partial charge in [0.05, 0.1) is 0 Å². The zero-order valence-electron chi connectivity index (χ0n) is 10.4. The van der Waals surface area contributed by atoms with Crippen molar-refractivity contribution in [2.45, 2.75) is 52.9 Å². The van der Waals surface area contributed by atoms with E-state index in [0.717, 1.165) is 19.3 Å².